The van der Waals surface area contributed by atoms with E-state index in [0.29, 0.717) is 12.8 Å². The zero-order valence-corrected chi connectivity index (χ0v) is 9.73. The van der Waals surface area contributed by atoms with Crippen molar-refractivity contribution in [3.63, 3.8) is 0 Å². The molecule has 0 saturated heterocycles. The van der Waals surface area contributed by atoms with Crippen LogP contribution >= 0.6 is 0 Å². The highest BCUT2D eigenvalue weighted by atomic mass is 19.1. The Bertz CT molecular complexity index is 154. The van der Waals surface area contributed by atoms with Gasteiger partial charge in [-0.15, -0.1) is 0 Å². The van der Waals surface area contributed by atoms with Gasteiger partial charge >= 0.3 is 0 Å². The summed E-state index contributed by atoms with van der Waals surface area (Å²) < 4.78 is 14.0. The Morgan fingerprint density at radius 2 is 2.07 bits per heavy atom. The Balaban J connectivity index is 0.000000791. The van der Waals surface area contributed by atoms with Crippen molar-refractivity contribution in [1.82, 2.24) is 10.9 Å². The van der Waals surface area contributed by atoms with E-state index in [0.717, 1.165) is 6.42 Å². The van der Waals surface area contributed by atoms with Crippen molar-refractivity contribution in [3.05, 3.63) is 0 Å². The Labute approximate surface area is 86.6 Å². The Morgan fingerprint density at radius 3 is 2.43 bits per heavy atom. The van der Waals surface area contributed by atoms with Crippen LogP contribution in [0.5, 0.6) is 0 Å². The van der Waals surface area contributed by atoms with Gasteiger partial charge in [0.1, 0.15) is 5.67 Å². The van der Waals surface area contributed by atoms with E-state index >= 15 is 0 Å². The third kappa shape index (κ3) is 3.52. The first kappa shape index (κ1) is 13.8. The maximum absolute atomic E-state index is 14.0. The molecule has 1 fully saturated rings. The lowest BCUT2D eigenvalue weighted by atomic mass is 9.96. The van der Waals surface area contributed by atoms with Crippen molar-refractivity contribution < 1.29 is 4.39 Å². The number of hydrogen-bond acceptors (Lipinski definition) is 3. The van der Waals surface area contributed by atoms with Crippen molar-refractivity contribution in [2.24, 2.45) is 5.73 Å². The van der Waals surface area contributed by atoms with Crippen LogP contribution in [0.1, 0.15) is 40.0 Å². The summed E-state index contributed by atoms with van der Waals surface area (Å²) in [6.07, 6.45) is 1.85. The largest absolute Gasteiger partial charge is 0.328 e. The van der Waals surface area contributed by atoms with E-state index in [-0.39, 0.29) is 12.1 Å². The molecule has 1 saturated carbocycles. The highest BCUT2D eigenvalue weighted by Gasteiger charge is 2.42. The molecule has 0 aliphatic heterocycles. The molecule has 0 amide bonds. The summed E-state index contributed by atoms with van der Waals surface area (Å²) >= 11 is 0. The van der Waals surface area contributed by atoms with E-state index < -0.39 is 5.67 Å². The number of nitrogens with two attached hydrogens (primary N) is 1. The third-order valence-corrected chi connectivity index (χ3v) is 2.67. The van der Waals surface area contributed by atoms with Crippen molar-refractivity contribution >= 4 is 0 Å². The standard InChI is InChI=1S/C8H18FN3.C2H6/c1-6(12-11-2)8(9)4-3-7(10)5-8;1-2/h6-7,11-12H,3-5,10H2,1-2H3;1-2H3. The predicted molar refractivity (Wildman–Crippen MR) is 58.7 cm³/mol. The molecule has 0 bridgehead atoms. The number of halogens is 1. The Hall–Kier alpha value is -0.190. The van der Waals surface area contributed by atoms with E-state index in [1.165, 1.54) is 0 Å². The number of hydrogen-bond donors (Lipinski definition) is 3. The van der Waals surface area contributed by atoms with Crippen LogP contribution in [-0.4, -0.2) is 24.8 Å². The lowest BCUT2D eigenvalue weighted by molar-refractivity contribution is 0.112. The van der Waals surface area contributed by atoms with Gasteiger partial charge in [0.15, 0.2) is 0 Å². The van der Waals surface area contributed by atoms with Crippen LogP contribution in [0, 0.1) is 0 Å². The second-order valence-corrected chi connectivity index (χ2v) is 3.65. The van der Waals surface area contributed by atoms with Gasteiger partial charge in [0.2, 0.25) is 0 Å². The first-order chi connectivity index (χ1) is 6.58. The van der Waals surface area contributed by atoms with Crippen LogP contribution in [0.3, 0.4) is 0 Å². The van der Waals surface area contributed by atoms with Gasteiger partial charge in [0.25, 0.3) is 0 Å². The molecule has 4 heteroatoms. The van der Waals surface area contributed by atoms with E-state index in [1.54, 1.807) is 7.05 Å². The topological polar surface area (TPSA) is 50.1 Å². The number of alkyl halides is 1. The normalized spacial score (nSPS) is 33.4. The predicted octanol–water partition coefficient (Wildman–Crippen LogP) is 1.34. The molecule has 14 heavy (non-hydrogen) atoms. The third-order valence-electron chi connectivity index (χ3n) is 2.67. The molecule has 3 nitrogen and oxygen atoms in total. The Kier molecular flexibility index (Phi) is 6.24. The molecule has 0 aromatic rings. The van der Waals surface area contributed by atoms with Gasteiger partial charge in [0, 0.05) is 6.04 Å². The van der Waals surface area contributed by atoms with E-state index in [1.807, 2.05) is 20.8 Å². The fraction of sp³-hybridized carbons (Fsp3) is 1.00. The molecule has 1 aliphatic rings. The van der Waals surface area contributed by atoms with Gasteiger partial charge in [-0.3, -0.25) is 10.9 Å². The highest BCUT2D eigenvalue weighted by molar-refractivity contribution is 4.97. The molecule has 0 heterocycles. The molecular weight excluding hydrogens is 181 g/mol. The van der Waals surface area contributed by atoms with Crippen molar-refractivity contribution in [2.45, 2.75) is 57.8 Å². The van der Waals surface area contributed by atoms with Gasteiger partial charge in [-0.25, -0.2) is 4.39 Å². The molecule has 1 rings (SSSR count). The monoisotopic (exact) mass is 205 g/mol. The van der Waals surface area contributed by atoms with Gasteiger partial charge < -0.3 is 5.73 Å². The van der Waals surface area contributed by atoms with Crippen LogP contribution in [0.25, 0.3) is 0 Å². The van der Waals surface area contributed by atoms with Crippen LogP contribution in [0.15, 0.2) is 0 Å². The zero-order valence-electron chi connectivity index (χ0n) is 9.73. The highest BCUT2D eigenvalue weighted by Crippen LogP contribution is 2.35. The van der Waals surface area contributed by atoms with Gasteiger partial charge in [0.05, 0.1) is 6.04 Å². The molecule has 4 N–H and O–H groups in total. The Morgan fingerprint density at radius 1 is 1.50 bits per heavy atom. The van der Waals surface area contributed by atoms with Crippen molar-refractivity contribution in [3.8, 4) is 0 Å². The molecule has 1 aliphatic carbocycles. The minimum Gasteiger partial charge on any atom is -0.328 e. The average Bonchev–Trinajstić information content (AvgIpc) is 2.52. The van der Waals surface area contributed by atoms with Crippen molar-refractivity contribution in [2.75, 3.05) is 7.05 Å². The fourth-order valence-corrected chi connectivity index (χ4v) is 1.80. The molecule has 0 radical (unpaired) electrons. The van der Waals surface area contributed by atoms with E-state index in [9.17, 15) is 4.39 Å². The lowest BCUT2D eigenvalue weighted by Crippen LogP contribution is -2.49. The molecule has 0 spiro atoms. The molecule has 3 unspecified atom stereocenters. The number of hydrazine groups is 1. The molecule has 86 valence electrons. The summed E-state index contributed by atoms with van der Waals surface area (Å²) in [5.41, 5.74) is 10.2. The molecule has 0 aromatic heterocycles. The molecule has 3 atom stereocenters. The zero-order chi connectivity index (χ0) is 11.2. The summed E-state index contributed by atoms with van der Waals surface area (Å²) in [4.78, 5) is 0. The summed E-state index contributed by atoms with van der Waals surface area (Å²) in [5.74, 6) is 0. The number of nitrogens with one attached hydrogen (secondary N) is 2. The smallest absolute Gasteiger partial charge is 0.128 e. The second kappa shape index (κ2) is 6.32. The van der Waals surface area contributed by atoms with Crippen LogP contribution < -0.4 is 16.6 Å². The summed E-state index contributed by atoms with van der Waals surface area (Å²) in [6.45, 7) is 5.84. The first-order valence-corrected chi connectivity index (χ1v) is 5.45. The summed E-state index contributed by atoms with van der Waals surface area (Å²) in [5, 5.41) is 0. The van der Waals surface area contributed by atoms with Crippen molar-refractivity contribution in [1.29, 1.82) is 0 Å². The van der Waals surface area contributed by atoms with Crippen LogP contribution in [0.4, 0.5) is 4.39 Å². The summed E-state index contributed by atoms with van der Waals surface area (Å²) in [7, 11) is 1.74. The minimum atomic E-state index is -1.12. The fourth-order valence-electron chi connectivity index (χ4n) is 1.80. The van der Waals surface area contributed by atoms with Gasteiger partial charge in [-0.2, -0.15) is 0 Å². The maximum Gasteiger partial charge on any atom is 0.128 e. The van der Waals surface area contributed by atoms with E-state index in [2.05, 4.69) is 10.9 Å². The van der Waals surface area contributed by atoms with Gasteiger partial charge in [-0.1, -0.05) is 13.8 Å². The molecular formula is C10H24FN3. The second-order valence-electron chi connectivity index (χ2n) is 3.65. The van der Waals surface area contributed by atoms with Crippen LogP contribution in [0.2, 0.25) is 0 Å². The summed E-state index contributed by atoms with van der Waals surface area (Å²) in [6, 6.07) is -0.132. The lowest BCUT2D eigenvalue weighted by Gasteiger charge is -2.27. The quantitative estimate of drug-likeness (QED) is 0.609. The van der Waals surface area contributed by atoms with E-state index in [4.69, 9.17) is 5.73 Å². The molecule has 0 aromatic carbocycles. The number of rotatable bonds is 3. The minimum absolute atomic E-state index is 0.0381. The van der Waals surface area contributed by atoms with Crippen LogP contribution in [-0.2, 0) is 0 Å². The average molecular weight is 205 g/mol. The SMILES string of the molecule is CC.CNNC(C)C1(F)CCC(N)C1. The van der Waals surface area contributed by atoms with Gasteiger partial charge in [-0.05, 0) is 33.2 Å². The maximum atomic E-state index is 14.0. The first-order valence-electron chi connectivity index (χ1n) is 5.45.